The fourth-order valence-electron chi connectivity index (χ4n) is 6.27. The molecule has 5 unspecified atom stereocenters. The molecule has 0 aromatic heterocycles. The van der Waals surface area contributed by atoms with Crippen LogP contribution in [0.3, 0.4) is 0 Å². The predicted molar refractivity (Wildman–Crippen MR) is 168 cm³/mol. The van der Waals surface area contributed by atoms with Gasteiger partial charge in [0.15, 0.2) is 5.79 Å². The van der Waals surface area contributed by atoms with Crippen LogP contribution in [0.2, 0.25) is 5.02 Å². The third kappa shape index (κ3) is 6.67. The van der Waals surface area contributed by atoms with Crippen LogP contribution in [0.5, 0.6) is 5.75 Å². The van der Waals surface area contributed by atoms with E-state index in [2.05, 4.69) is 42.5 Å². The van der Waals surface area contributed by atoms with E-state index in [1.165, 1.54) is 0 Å². The smallest absolute Gasteiger partial charge is 0.174 e. The Hall–Kier alpha value is -3.19. The lowest BCUT2D eigenvalue weighted by Crippen LogP contribution is -2.65. The number of hydrogen-bond donors (Lipinski definition) is 0. The number of hydrogen-bond acceptors (Lipinski definition) is 5. The molecule has 0 spiro atoms. The molecule has 43 heavy (non-hydrogen) atoms. The van der Waals surface area contributed by atoms with Crippen LogP contribution < -0.4 is 4.74 Å². The van der Waals surface area contributed by atoms with Crippen LogP contribution in [-0.2, 0) is 38.6 Å². The summed E-state index contributed by atoms with van der Waals surface area (Å²) in [6, 6.07) is 34.9. The highest BCUT2D eigenvalue weighted by molar-refractivity contribution is 6.31. The maximum absolute atomic E-state index is 6.89. The summed E-state index contributed by atoms with van der Waals surface area (Å²) < 4.78 is 32.1. The van der Waals surface area contributed by atoms with Crippen LogP contribution in [0.4, 0.5) is 0 Å². The predicted octanol–water partition coefficient (Wildman–Crippen LogP) is 8.32. The van der Waals surface area contributed by atoms with Gasteiger partial charge in [-0.1, -0.05) is 96.5 Å². The Morgan fingerprint density at radius 2 is 1.44 bits per heavy atom. The molecule has 0 radical (unpaired) electrons. The third-order valence-electron chi connectivity index (χ3n) is 8.66. The van der Waals surface area contributed by atoms with E-state index in [0.717, 1.165) is 51.4 Å². The molecule has 5 nitrogen and oxygen atoms in total. The van der Waals surface area contributed by atoms with Crippen LogP contribution in [-0.4, -0.2) is 31.7 Å². The maximum atomic E-state index is 6.89. The molecule has 0 bridgehead atoms. The van der Waals surface area contributed by atoms with Gasteiger partial charge in [0.1, 0.15) is 18.0 Å². The molecule has 2 fully saturated rings. The minimum atomic E-state index is -0.715. The summed E-state index contributed by atoms with van der Waals surface area (Å²) in [7, 11) is 1.74. The summed E-state index contributed by atoms with van der Waals surface area (Å²) in [6.45, 7) is 3.57. The minimum Gasteiger partial charge on any atom is -0.494 e. The van der Waals surface area contributed by atoms with Crippen molar-refractivity contribution >= 4 is 11.6 Å². The number of fused-ring (bicyclic) bond motifs is 1. The van der Waals surface area contributed by atoms with Gasteiger partial charge in [0.25, 0.3) is 0 Å². The van der Waals surface area contributed by atoms with E-state index in [1.807, 2.05) is 67.6 Å². The van der Waals surface area contributed by atoms with Crippen LogP contribution >= 0.6 is 11.6 Å². The molecule has 5 atom stereocenters. The van der Waals surface area contributed by atoms with Crippen molar-refractivity contribution in [3.8, 4) is 5.75 Å². The fourth-order valence-corrected chi connectivity index (χ4v) is 6.46. The first-order valence-corrected chi connectivity index (χ1v) is 15.5. The Balaban J connectivity index is 1.32. The van der Waals surface area contributed by atoms with E-state index in [-0.39, 0.29) is 18.1 Å². The molecular weight excluding hydrogens is 560 g/mol. The highest BCUT2D eigenvalue weighted by Crippen LogP contribution is 2.55. The molecule has 6 rings (SSSR count). The van der Waals surface area contributed by atoms with Crippen molar-refractivity contribution in [3.05, 3.63) is 136 Å². The molecule has 6 heteroatoms. The van der Waals surface area contributed by atoms with Crippen molar-refractivity contribution in [3.63, 3.8) is 0 Å². The summed E-state index contributed by atoms with van der Waals surface area (Å²) in [5.41, 5.74) is 5.41. The molecule has 0 N–H and O–H groups in total. The highest BCUT2D eigenvalue weighted by atomic mass is 35.5. The van der Waals surface area contributed by atoms with Crippen LogP contribution in [0.1, 0.15) is 53.7 Å². The van der Waals surface area contributed by atoms with Gasteiger partial charge in [-0.25, -0.2) is 0 Å². The van der Waals surface area contributed by atoms with Gasteiger partial charge in [0.05, 0.1) is 25.9 Å². The second-order valence-electron chi connectivity index (χ2n) is 11.3. The van der Waals surface area contributed by atoms with Crippen molar-refractivity contribution < 1.29 is 23.7 Å². The molecule has 1 saturated heterocycles. The molecular formula is C37H39ClO5. The van der Waals surface area contributed by atoms with Crippen LogP contribution in [0, 0.1) is 5.92 Å². The van der Waals surface area contributed by atoms with Crippen molar-refractivity contribution in [1.82, 2.24) is 0 Å². The van der Waals surface area contributed by atoms with Gasteiger partial charge in [0.2, 0.25) is 0 Å². The number of methoxy groups -OCH3 is 1. The first-order valence-electron chi connectivity index (χ1n) is 15.1. The largest absolute Gasteiger partial charge is 0.494 e. The number of rotatable bonds is 12. The third-order valence-corrected chi connectivity index (χ3v) is 9.03. The molecule has 2 aliphatic rings. The van der Waals surface area contributed by atoms with Gasteiger partial charge < -0.3 is 23.7 Å². The van der Waals surface area contributed by atoms with E-state index in [4.69, 9.17) is 35.3 Å². The Kier molecular flexibility index (Phi) is 9.46. The lowest BCUT2D eigenvalue weighted by Gasteiger charge is -2.58. The molecule has 4 aromatic rings. The SMILES string of the molecule is CCOc1ccc(Cc2cc(C3OC4(OC)CCC4C(OCc4ccccc4)C3OCc3ccccc3)ccc2Cl)cc1. The van der Waals surface area contributed by atoms with Gasteiger partial charge >= 0.3 is 0 Å². The average molecular weight is 599 g/mol. The number of benzene rings is 4. The average Bonchev–Trinajstić information content (AvgIpc) is 3.03. The van der Waals surface area contributed by atoms with Gasteiger partial charge in [-0.15, -0.1) is 0 Å². The van der Waals surface area contributed by atoms with Crippen molar-refractivity contribution in [2.45, 2.75) is 63.5 Å². The van der Waals surface area contributed by atoms with Crippen LogP contribution in [0.15, 0.2) is 103 Å². The zero-order valence-electron chi connectivity index (χ0n) is 24.8. The second-order valence-corrected chi connectivity index (χ2v) is 11.7. The van der Waals surface area contributed by atoms with E-state index >= 15 is 0 Å². The van der Waals surface area contributed by atoms with Gasteiger partial charge in [0, 0.05) is 24.5 Å². The van der Waals surface area contributed by atoms with Crippen molar-refractivity contribution in [2.75, 3.05) is 13.7 Å². The monoisotopic (exact) mass is 598 g/mol. The van der Waals surface area contributed by atoms with E-state index in [1.54, 1.807) is 7.11 Å². The molecule has 1 saturated carbocycles. The lowest BCUT2D eigenvalue weighted by atomic mass is 9.69. The standard InChI is InChI=1S/C37H39ClO5/c1-3-40-31-17-14-26(15-18-31)22-30-23-29(16-19-33(30)38)34-36(42-25-28-12-8-5-9-13-28)35(32-20-21-37(32,39-2)43-34)41-24-27-10-6-4-7-11-27/h4-19,23,32,34-36H,3,20-22,24-25H2,1-2H3. The summed E-state index contributed by atoms with van der Waals surface area (Å²) in [4.78, 5) is 0. The zero-order valence-corrected chi connectivity index (χ0v) is 25.5. The van der Waals surface area contributed by atoms with Gasteiger partial charge in [-0.05, 0) is 65.8 Å². The van der Waals surface area contributed by atoms with E-state index in [9.17, 15) is 0 Å². The Labute approximate surface area is 259 Å². The molecule has 1 aliphatic carbocycles. The second kappa shape index (κ2) is 13.6. The number of halogens is 1. The van der Waals surface area contributed by atoms with Crippen molar-refractivity contribution in [2.24, 2.45) is 5.92 Å². The van der Waals surface area contributed by atoms with Crippen molar-refractivity contribution in [1.29, 1.82) is 0 Å². The minimum absolute atomic E-state index is 0.0638. The van der Waals surface area contributed by atoms with Crippen LogP contribution in [0.25, 0.3) is 0 Å². The maximum Gasteiger partial charge on any atom is 0.174 e. The summed E-state index contributed by atoms with van der Waals surface area (Å²) in [6.07, 6.45) is 1.48. The summed E-state index contributed by atoms with van der Waals surface area (Å²) in [5, 5.41) is 0.718. The Bertz CT molecular complexity index is 1460. The first-order chi connectivity index (χ1) is 21.1. The lowest BCUT2D eigenvalue weighted by molar-refractivity contribution is -0.390. The fraction of sp³-hybridized carbons (Fsp3) is 0.351. The Morgan fingerprint density at radius 1 is 0.791 bits per heavy atom. The quantitative estimate of drug-likeness (QED) is 0.164. The highest BCUT2D eigenvalue weighted by Gasteiger charge is 2.61. The summed E-state index contributed by atoms with van der Waals surface area (Å²) >= 11 is 6.76. The van der Waals surface area contributed by atoms with E-state index < -0.39 is 11.9 Å². The first kappa shape index (κ1) is 29.9. The Morgan fingerprint density at radius 3 is 2.02 bits per heavy atom. The van der Waals surface area contributed by atoms with Gasteiger partial charge in [-0.2, -0.15) is 0 Å². The zero-order chi connectivity index (χ0) is 29.6. The topological polar surface area (TPSA) is 46.2 Å². The summed E-state index contributed by atoms with van der Waals surface area (Å²) in [5.74, 6) is 0.212. The number of ether oxygens (including phenoxy) is 5. The normalized spacial score (nSPS) is 24.6. The van der Waals surface area contributed by atoms with E-state index in [0.29, 0.717) is 26.2 Å². The molecule has 1 heterocycles. The molecule has 4 aromatic carbocycles. The molecule has 1 aliphatic heterocycles. The molecule has 0 amide bonds. The molecule has 224 valence electrons. The van der Waals surface area contributed by atoms with Gasteiger partial charge in [-0.3, -0.25) is 0 Å².